The minimum Gasteiger partial charge on any atom is -0.454 e. The Balaban J connectivity index is 1.76. The molecular formula is C23H17ClF5NO3. The van der Waals surface area contributed by atoms with Crippen LogP contribution in [-0.2, 0) is 9.53 Å². The van der Waals surface area contributed by atoms with Gasteiger partial charge in [-0.05, 0) is 47.7 Å². The molecule has 1 saturated carbocycles. The highest BCUT2D eigenvalue weighted by Gasteiger charge is 2.62. The van der Waals surface area contributed by atoms with E-state index >= 15 is 0 Å². The maximum Gasteiger partial charge on any atom is 0.426 e. The fourth-order valence-electron chi connectivity index (χ4n) is 3.44. The number of benzene rings is 2. The molecule has 0 unspecified atom stereocenters. The second-order valence-corrected chi connectivity index (χ2v) is 8.44. The van der Waals surface area contributed by atoms with Crippen LogP contribution in [0.5, 0.6) is 11.5 Å². The molecule has 10 heteroatoms. The average molecular weight is 486 g/mol. The van der Waals surface area contributed by atoms with E-state index in [4.69, 9.17) is 21.1 Å². The number of hydrogen-bond donors (Lipinski definition) is 0. The lowest BCUT2D eigenvalue weighted by molar-refractivity contribution is -0.149. The number of nitriles is 1. The van der Waals surface area contributed by atoms with Crippen molar-refractivity contribution in [1.82, 2.24) is 0 Å². The first-order valence-electron chi connectivity index (χ1n) is 9.62. The summed E-state index contributed by atoms with van der Waals surface area (Å²) >= 11 is 5.29. The number of nitrogens with zero attached hydrogens (tertiary/aromatic N) is 1. The number of halogens is 6. The second kappa shape index (κ2) is 9.02. The third kappa shape index (κ3) is 5.45. The summed E-state index contributed by atoms with van der Waals surface area (Å²) in [6.07, 6.45) is -5.44. The molecule has 2 aromatic carbocycles. The summed E-state index contributed by atoms with van der Waals surface area (Å²) < 4.78 is 76.0. The van der Waals surface area contributed by atoms with Crippen LogP contribution in [0.1, 0.15) is 25.5 Å². The van der Waals surface area contributed by atoms with E-state index in [0.717, 1.165) is 30.3 Å². The van der Waals surface area contributed by atoms with Crippen LogP contribution in [0, 0.1) is 40.2 Å². The molecule has 0 amide bonds. The number of allylic oxidation sites excluding steroid dienone is 2. The van der Waals surface area contributed by atoms with Crippen molar-refractivity contribution >= 4 is 17.6 Å². The molecule has 0 aromatic heterocycles. The minimum atomic E-state index is -4.74. The quantitative estimate of drug-likeness (QED) is 0.332. The number of hydrogen-bond acceptors (Lipinski definition) is 4. The normalized spacial score (nSPS) is 20.5. The third-order valence-electron chi connectivity index (χ3n) is 5.41. The van der Waals surface area contributed by atoms with E-state index in [2.05, 4.69) is 0 Å². The summed E-state index contributed by atoms with van der Waals surface area (Å²) in [5, 5.41) is 8.13. The van der Waals surface area contributed by atoms with Gasteiger partial charge in [-0.3, -0.25) is 4.79 Å². The molecule has 0 saturated heterocycles. The SMILES string of the molecule is CC1(C)[C@H](C(=O)O[C@@H](C#N)c2ccc(F)c(Oc3ccc(F)cc3)c2)[C@@H]1/C=C(\Cl)C(F)(F)F. The van der Waals surface area contributed by atoms with Gasteiger partial charge in [0.15, 0.2) is 11.6 Å². The van der Waals surface area contributed by atoms with Crippen LogP contribution in [0.3, 0.4) is 0 Å². The van der Waals surface area contributed by atoms with Gasteiger partial charge in [0.2, 0.25) is 6.10 Å². The smallest absolute Gasteiger partial charge is 0.426 e. The summed E-state index contributed by atoms with van der Waals surface area (Å²) in [5.41, 5.74) is -0.773. The summed E-state index contributed by atoms with van der Waals surface area (Å²) in [6, 6.07) is 9.91. The van der Waals surface area contributed by atoms with Gasteiger partial charge in [-0.1, -0.05) is 37.6 Å². The van der Waals surface area contributed by atoms with Crippen LogP contribution in [0.15, 0.2) is 53.6 Å². The van der Waals surface area contributed by atoms with E-state index in [-0.39, 0.29) is 17.1 Å². The predicted molar refractivity (Wildman–Crippen MR) is 108 cm³/mol. The van der Waals surface area contributed by atoms with E-state index in [1.165, 1.54) is 18.2 Å². The average Bonchev–Trinajstić information content (AvgIpc) is 3.28. The van der Waals surface area contributed by atoms with Crippen molar-refractivity contribution in [1.29, 1.82) is 5.26 Å². The zero-order valence-corrected chi connectivity index (χ0v) is 18.0. The first-order valence-corrected chi connectivity index (χ1v) is 10.00. The van der Waals surface area contributed by atoms with Gasteiger partial charge in [0.1, 0.15) is 22.7 Å². The molecule has 0 heterocycles. The van der Waals surface area contributed by atoms with Crippen molar-refractivity contribution < 1.29 is 36.2 Å². The van der Waals surface area contributed by atoms with Crippen LogP contribution in [0.4, 0.5) is 22.0 Å². The molecule has 2 aromatic rings. The van der Waals surface area contributed by atoms with Crippen LogP contribution in [-0.4, -0.2) is 12.1 Å². The molecule has 3 rings (SSSR count). The van der Waals surface area contributed by atoms with E-state index < -0.39 is 52.2 Å². The number of rotatable bonds is 6. The Bertz CT molecular complexity index is 1120. The first kappa shape index (κ1) is 24.5. The van der Waals surface area contributed by atoms with Crippen LogP contribution in [0.2, 0.25) is 0 Å². The van der Waals surface area contributed by atoms with Gasteiger partial charge in [-0.15, -0.1) is 0 Å². The Morgan fingerprint density at radius 1 is 1.18 bits per heavy atom. The van der Waals surface area contributed by atoms with Crippen molar-refractivity contribution in [3.05, 3.63) is 70.8 Å². The maximum absolute atomic E-state index is 14.2. The van der Waals surface area contributed by atoms with Crippen molar-refractivity contribution in [3.8, 4) is 17.6 Å². The van der Waals surface area contributed by atoms with Gasteiger partial charge in [0.05, 0.1) is 5.92 Å². The third-order valence-corrected chi connectivity index (χ3v) is 5.75. The largest absolute Gasteiger partial charge is 0.454 e. The Morgan fingerprint density at radius 2 is 1.82 bits per heavy atom. The lowest BCUT2D eigenvalue weighted by Gasteiger charge is -2.14. The molecule has 1 aliphatic rings. The number of carbonyl (C=O) groups is 1. The topological polar surface area (TPSA) is 59.3 Å². The summed E-state index contributed by atoms with van der Waals surface area (Å²) in [7, 11) is 0. The standard InChI is InChI=1S/C23H17ClF5NO3/c1-22(2)15(10-19(24)23(27,28)29)20(22)21(31)33-18(11-30)12-3-8-16(26)17(9-12)32-14-6-4-13(25)5-7-14/h3-10,15,18,20H,1-2H3/b19-10-/t15-,18-,20-/m0/s1. The Morgan fingerprint density at radius 3 is 2.39 bits per heavy atom. The van der Waals surface area contributed by atoms with Gasteiger partial charge in [0.25, 0.3) is 0 Å². The van der Waals surface area contributed by atoms with E-state index in [1.54, 1.807) is 19.9 Å². The van der Waals surface area contributed by atoms with Gasteiger partial charge in [-0.25, -0.2) is 8.78 Å². The first-order chi connectivity index (χ1) is 15.3. The molecule has 0 aliphatic heterocycles. The Hall–Kier alpha value is -3.12. The summed E-state index contributed by atoms with van der Waals surface area (Å²) in [4.78, 5) is 12.6. The molecule has 4 nitrogen and oxygen atoms in total. The van der Waals surface area contributed by atoms with Crippen LogP contribution in [0.25, 0.3) is 0 Å². The number of esters is 1. The number of carbonyl (C=O) groups excluding carboxylic acids is 1. The molecule has 0 N–H and O–H groups in total. The Labute approximate surface area is 191 Å². The van der Waals surface area contributed by atoms with Gasteiger partial charge in [0, 0.05) is 5.56 Å². The van der Waals surface area contributed by atoms with Crippen LogP contribution < -0.4 is 4.74 Å². The maximum atomic E-state index is 14.2. The highest BCUT2D eigenvalue weighted by molar-refractivity contribution is 6.30. The molecule has 174 valence electrons. The number of ether oxygens (including phenoxy) is 2. The lowest BCUT2D eigenvalue weighted by Crippen LogP contribution is -2.15. The highest BCUT2D eigenvalue weighted by atomic mass is 35.5. The van der Waals surface area contributed by atoms with Crippen LogP contribution >= 0.6 is 11.6 Å². The van der Waals surface area contributed by atoms with E-state index in [0.29, 0.717) is 0 Å². The van der Waals surface area contributed by atoms with Crippen molar-refractivity contribution in [2.45, 2.75) is 26.1 Å². The van der Waals surface area contributed by atoms with Gasteiger partial charge >= 0.3 is 12.1 Å². The molecule has 0 radical (unpaired) electrons. The summed E-state index contributed by atoms with van der Waals surface area (Å²) in [5.74, 6) is -4.11. The van der Waals surface area contributed by atoms with Crippen molar-refractivity contribution in [3.63, 3.8) is 0 Å². The monoisotopic (exact) mass is 485 g/mol. The molecule has 33 heavy (non-hydrogen) atoms. The fraction of sp³-hybridized carbons (Fsp3) is 0.304. The minimum absolute atomic E-state index is 0.0863. The van der Waals surface area contributed by atoms with Gasteiger partial charge < -0.3 is 9.47 Å². The molecule has 0 bridgehead atoms. The van der Waals surface area contributed by atoms with Gasteiger partial charge in [-0.2, -0.15) is 18.4 Å². The van der Waals surface area contributed by atoms with Crippen molar-refractivity contribution in [2.24, 2.45) is 17.3 Å². The molecular weight excluding hydrogens is 469 g/mol. The van der Waals surface area contributed by atoms with E-state index in [1.807, 2.05) is 0 Å². The lowest BCUT2D eigenvalue weighted by atomic mass is 10.1. The zero-order chi connectivity index (χ0) is 24.6. The molecule has 1 aliphatic carbocycles. The predicted octanol–water partition coefficient (Wildman–Crippen LogP) is 6.82. The summed E-state index contributed by atoms with van der Waals surface area (Å²) in [6.45, 7) is 3.16. The zero-order valence-electron chi connectivity index (χ0n) is 17.3. The van der Waals surface area contributed by atoms with Crippen molar-refractivity contribution in [2.75, 3.05) is 0 Å². The molecule has 0 spiro atoms. The number of alkyl halides is 3. The molecule has 3 atom stereocenters. The highest BCUT2D eigenvalue weighted by Crippen LogP contribution is 2.60. The second-order valence-electron chi connectivity index (χ2n) is 8.03. The van der Waals surface area contributed by atoms with E-state index in [9.17, 15) is 32.0 Å². The fourth-order valence-corrected chi connectivity index (χ4v) is 3.58. The molecule has 1 fully saturated rings. The Kier molecular flexibility index (Phi) is 6.70.